The number of nitrogens with zero attached hydrogens (tertiary/aromatic N) is 1. The zero-order valence-electron chi connectivity index (χ0n) is 21.2. The van der Waals surface area contributed by atoms with E-state index in [0.29, 0.717) is 11.3 Å². The van der Waals surface area contributed by atoms with Crippen LogP contribution in [0.25, 0.3) is 6.08 Å². The van der Waals surface area contributed by atoms with Crippen LogP contribution in [0.2, 0.25) is 0 Å². The number of hydrogen-bond donors (Lipinski definition) is 2. The molecule has 2 amide bonds. The molecule has 1 saturated heterocycles. The molecule has 192 valence electrons. The van der Waals surface area contributed by atoms with E-state index >= 15 is 0 Å². The van der Waals surface area contributed by atoms with Gasteiger partial charge in [-0.05, 0) is 66.4 Å². The number of benzene rings is 2. The molecule has 36 heavy (non-hydrogen) atoms. The number of hydrogen-bond acceptors (Lipinski definition) is 7. The second kappa shape index (κ2) is 11.7. The molecule has 9 heteroatoms. The zero-order valence-corrected chi connectivity index (χ0v) is 21.2. The van der Waals surface area contributed by atoms with Crippen LogP contribution in [0.1, 0.15) is 39.0 Å². The molecule has 1 heterocycles. The van der Waals surface area contributed by atoms with Crippen molar-refractivity contribution in [3.63, 3.8) is 0 Å². The van der Waals surface area contributed by atoms with Crippen LogP contribution in [0.15, 0.2) is 36.4 Å². The lowest BCUT2D eigenvalue weighted by Crippen LogP contribution is -2.42. The number of nitrogens with one attached hydrogen (secondary N) is 1. The SMILES string of the molecule is COC(=O)[C@@H]1C[C@@H](NC(=O)/C=C/c2ccc(OC)c(C)c2)CN1C(=O)c1cc(CO)c(C)c(OC)c1. The van der Waals surface area contributed by atoms with Gasteiger partial charge in [-0.1, -0.05) is 6.07 Å². The summed E-state index contributed by atoms with van der Waals surface area (Å²) in [5, 5.41) is 12.6. The van der Waals surface area contributed by atoms with Crippen molar-refractivity contribution in [3.05, 3.63) is 64.2 Å². The standard InChI is InChI=1S/C27H32N2O7/c1-16-10-18(6-8-23(16)34-3)7-9-25(31)28-21-13-22(27(33)36-5)29(14-21)26(32)19-11-20(15-30)17(2)24(12-19)35-4/h6-12,21-22,30H,13-15H2,1-5H3,(H,28,31)/b9-7+/t21-,22+/m1/s1. The average molecular weight is 497 g/mol. The lowest BCUT2D eigenvalue weighted by molar-refractivity contribution is -0.145. The zero-order chi connectivity index (χ0) is 26.4. The maximum atomic E-state index is 13.4. The van der Waals surface area contributed by atoms with Crippen molar-refractivity contribution in [2.24, 2.45) is 0 Å². The molecule has 0 spiro atoms. The van der Waals surface area contributed by atoms with Crippen LogP contribution in [0.4, 0.5) is 0 Å². The molecule has 3 rings (SSSR count). The summed E-state index contributed by atoms with van der Waals surface area (Å²) < 4.78 is 15.5. The molecule has 2 atom stereocenters. The Hall–Kier alpha value is -3.85. The van der Waals surface area contributed by atoms with E-state index in [1.54, 1.807) is 32.2 Å². The summed E-state index contributed by atoms with van der Waals surface area (Å²) in [5.41, 5.74) is 3.34. The maximum Gasteiger partial charge on any atom is 0.328 e. The first kappa shape index (κ1) is 26.7. The minimum Gasteiger partial charge on any atom is -0.496 e. The number of esters is 1. The Morgan fingerprint density at radius 2 is 1.81 bits per heavy atom. The molecule has 0 aliphatic carbocycles. The number of ether oxygens (including phenoxy) is 3. The third kappa shape index (κ3) is 5.85. The summed E-state index contributed by atoms with van der Waals surface area (Å²) in [6.45, 7) is 3.57. The molecule has 0 saturated carbocycles. The normalized spacial score (nSPS) is 17.2. The summed E-state index contributed by atoms with van der Waals surface area (Å²) >= 11 is 0. The Bertz CT molecular complexity index is 1150. The monoisotopic (exact) mass is 496 g/mol. The molecule has 0 unspecified atom stereocenters. The number of likely N-dealkylation sites (tertiary alicyclic amines) is 1. The smallest absolute Gasteiger partial charge is 0.328 e. The van der Waals surface area contributed by atoms with Crippen molar-refractivity contribution in [2.45, 2.75) is 39.0 Å². The van der Waals surface area contributed by atoms with Crippen LogP contribution in [-0.4, -0.2) is 67.7 Å². The van der Waals surface area contributed by atoms with Gasteiger partial charge in [-0.15, -0.1) is 0 Å². The molecule has 1 fully saturated rings. The molecule has 9 nitrogen and oxygen atoms in total. The quantitative estimate of drug-likeness (QED) is 0.426. The molecule has 2 N–H and O–H groups in total. The van der Waals surface area contributed by atoms with E-state index in [4.69, 9.17) is 14.2 Å². The number of aliphatic hydroxyl groups excluding tert-OH is 1. The predicted molar refractivity (Wildman–Crippen MR) is 134 cm³/mol. The third-order valence-electron chi connectivity index (χ3n) is 6.33. The summed E-state index contributed by atoms with van der Waals surface area (Å²) in [6.07, 6.45) is 3.32. The number of aliphatic hydroxyl groups is 1. The van der Waals surface area contributed by atoms with Gasteiger partial charge in [-0.3, -0.25) is 9.59 Å². The van der Waals surface area contributed by atoms with Crippen LogP contribution in [-0.2, 0) is 20.9 Å². The minimum atomic E-state index is -0.856. The van der Waals surface area contributed by atoms with E-state index in [9.17, 15) is 19.5 Å². The number of rotatable bonds is 8. The first-order valence-electron chi connectivity index (χ1n) is 11.5. The van der Waals surface area contributed by atoms with Crippen LogP contribution in [0.3, 0.4) is 0 Å². The van der Waals surface area contributed by atoms with E-state index < -0.39 is 24.0 Å². The maximum absolute atomic E-state index is 13.4. The van der Waals surface area contributed by atoms with Crippen LogP contribution < -0.4 is 14.8 Å². The fourth-order valence-corrected chi connectivity index (χ4v) is 4.36. The van der Waals surface area contributed by atoms with Crippen molar-refractivity contribution in [1.29, 1.82) is 0 Å². The first-order valence-corrected chi connectivity index (χ1v) is 11.5. The van der Waals surface area contributed by atoms with E-state index in [-0.39, 0.29) is 31.0 Å². The van der Waals surface area contributed by atoms with Gasteiger partial charge in [0.2, 0.25) is 5.91 Å². The first-order chi connectivity index (χ1) is 17.2. The van der Waals surface area contributed by atoms with Gasteiger partial charge in [0.1, 0.15) is 17.5 Å². The highest BCUT2D eigenvalue weighted by Gasteiger charge is 2.41. The molecular formula is C27H32N2O7. The number of amides is 2. The molecule has 1 aliphatic rings. The number of methoxy groups -OCH3 is 3. The Balaban J connectivity index is 1.76. The van der Waals surface area contributed by atoms with Crippen LogP contribution >= 0.6 is 0 Å². The molecule has 1 aliphatic heterocycles. The Morgan fingerprint density at radius 1 is 1.08 bits per heavy atom. The number of aryl methyl sites for hydroxylation is 1. The van der Waals surface area contributed by atoms with Gasteiger partial charge in [0, 0.05) is 30.6 Å². The van der Waals surface area contributed by atoms with Crippen LogP contribution in [0.5, 0.6) is 11.5 Å². The van der Waals surface area contributed by atoms with Crippen LogP contribution in [0, 0.1) is 13.8 Å². The van der Waals surface area contributed by atoms with Gasteiger partial charge >= 0.3 is 5.97 Å². The predicted octanol–water partition coefficient (Wildman–Crippen LogP) is 2.40. The van der Waals surface area contributed by atoms with Gasteiger partial charge in [-0.2, -0.15) is 0 Å². The third-order valence-corrected chi connectivity index (χ3v) is 6.33. The summed E-state index contributed by atoms with van der Waals surface area (Å²) in [4.78, 5) is 39.8. The molecule has 0 aromatic heterocycles. The number of carbonyl (C=O) groups excluding carboxylic acids is 3. The van der Waals surface area contributed by atoms with E-state index in [1.165, 1.54) is 25.2 Å². The van der Waals surface area contributed by atoms with Gasteiger partial charge in [0.25, 0.3) is 5.91 Å². The summed E-state index contributed by atoms with van der Waals surface area (Å²) in [5.74, 6) is -0.0999. The molecule has 2 aromatic rings. The minimum absolute atomic E-state index is 0.129. The lowest BCUT2D eigenvalue weighted by atomic mass is 10.0. The molecule has 2 aromatic carbocycles. The average Bonchev–Trinajstić information content (AvgIpc) is 3.30. The molecular weight excluding hydrogens is 464 g/mol. The van der Waals surface area contributed by atoms with Crippen molar-refractivity contribution < 1.29 is 33.7 Å². The Labute approximate surface area is 210 Å². The van der Waals surface area contributed by atoms with Crippen molar-refractivity contribution in [1.82, 2.24) is 10.2 Å². The highest BCUT2D eigenvalue weighted by molar-refractivity contribution is 5.98. The second-order valence-electron chi connectivity index (χ2n) is 8.62. The highest BCUT2D eigenvalue weighted by atomic mass is 16.5. The Morgan fingerprint density at radius 3 is 2.42 bits per heavy atom. The Kier molecular flexibility index (Phi) is 8.71. The lowest BCUT2D eigenvalue weighted by Gasteiger charge is -2.23. The highest BCUT2D eigenvalue weighted by Crippen LogP contribution is 2.28. The van der Waals surface area contributed by atoms with E-state index in [0.717, 1.165) is 22.4 Å². The fourth-order valence-electron chi connectivity index (χ4n) is 4.36. The van der Waals surface area contributed by atoms with Gasteiger partial charge < -0.3 is 29.5 Å². The topological polar surface area (TPSA) is 114 Å². The fraction of sp³-hybridized carbons (Fsp3) is 0.370. The van der Waals surface area contributed by atoms with Gasteiger partial charge in [-0.25, -0.2) is 4.79 Å². The van der Waals surface area contributed by atoms with E-state index in [2.05, 4.69) is 5.32 Å². The van der Waals surface area contributed by atoms with Crippen molar-refractivity contribution in [3.8, 4) is 11.5 Å². The van der Waals surface area contributed by atoms with Crippen molar-refractivity contribution >= 4 is 23.9 Å². The largest absolute Gasteiger partial charge is 0.496 e. The molecule has 0 radical (unpaired) electrons. The van der Waals surface area contributed by atoms with Gasteiger partial charge in [0.15, 0.2) is 0 Å². The molecule has 0 bridgehead atoms. The van der Waals surface area contributed by atoms with E-state index in [1.807, 2.05) is 25.1 Å². The summed E-state index contributed by atoms with van der Waals surface area (Å²) in [7, 11) is 4.34. The second-order valence-corrected chi connectivity index (χ2v) is 8.62. The van der Waals surface area contributed by atoms with Crippen molar-refractivity contribution in [2.75, 3.05) is 27.9 Å². The number of carbonyl (C=O) groups is 3. The summed E-state index contributed by atoms with van der Waals surface area (Å²) in [6, 6.07) is 7.44. The van der Waals surface area contributed by atoms with Gasteiger partial charge in [0.05, 0.1) is 27.9 Å².